The summed E-state index contributed by atoms with van der Waals surface area (Å²) in [7, 11) is 0. The summed E-state index contributed by atoms with van der Waals surface area (Å²) in [6, 6.07) is 2.56. The van der Waals surface area contributed by atoms with Gasteiger partial charge in [-0.1, -0.05) is 6.92 Å². The van der Waals surface area contributed by atoms with Crippen LogP contribution in [0.1, 0.15) is 18.9 Å². The van der Waals surface area contributed by atoms with Gasteiger partial charge in [0.2, 0.25) is 0 Å². The molecule has 2 rings (SSSR count). The van der Waals surface area contributed by atoms with Crippen LogP contribution in [-0.4, -0.2) is 12.1 Å². The van der Waals surface area contributed by atoms with Crippen LogP contribution in [0.4, 0.5) is 20.6 Å². The van der Waals surface area contributed by atoms with Crippen molar-refractivity contribution in [2.45, 2.75) is 26.3 Å². The summed E-state index contributed by atoms with van der Waals surface area (Å²) in [6.07, 6.45) is 0.978. The summed E-state index contributed by atoms with van der Waals surface area (Å²) in [4.78, 5) is 11.5. The molecule has 0 heterocycles. The maximum absolute atomic E-state index is 13.5. The molecule has 1 aliphatic rings. The SMILES string of the molecule is Cc1cc(F)c(NC(=O)NC2CC2C)cc1N. The molecular weight excluding hydrogens is 221 g/mol. The molecule has 17 heavy (non-hydrogen) atoms. The number of rotatable bonds is 2. The first-order valence-electron chi connectivity index (χ1n) is 5.60. The lowest BCUT2D eigenvalue weighted by molar-refractivity contribution is 0.251. The van der Waals surface area contributed by atoms with E-state index in [1.165, 1.54) is 12.1 Å². The van der Waals surface area contributed by atoms with E-state index in [0.29, 0.717) is 17.2 Å². The summed E-state index contributed by atoms with van der Waals surface area (Å²) in [5.41, 5.74) is 6.89. The number of aryl methyl sites for hydroxylation is 1. The van der Waals surface area contributed by atoms with Crippen LogP contribution < -0.4 is 16.4 Å². The molecule has 92 valence electrons. The van der Waals surface area contributed by atoms with Gasteiger partial charge in [-0.05, 0) is 37.0 Å². The van der Waals surface area contributed by atoms with Crippen molar-refractivity contribution in [1.82, 2.24) is 5.32 Å². The van der Waals surface area contributed by atoms with Crippen molar-refractivity contribution in [3.05, 3.63) is 23.5 Å². The van der Waals surface area contributed by atoms with E-state index in [4.69, 9.17) is 5.73 Å². The molecule has 0 saturated heterocycles. The van der Waals surface area contributed by atoms with E-state index in [0.717, 1.165) is 6.42 Å². The maximum atomic E-state index is 13.5. The van der Waals surface area contributed by atoms with Crippen molar-refractivity contribution in [3.8, 4) is 0 Å². The van der Waals surface area contributed by atoms with Crippen molar-refractivity contribution in [2.75, 3.05) is 11.1 Å². The minimum atomic E-state index is -0.476. The second-order valence-electron chi connectivity index (χ2n) is 4.61. The van der Waals surface area contributed by atoms with Gasteiger partial charge in [-0.3, -0.25) is 0 Å². The number of urea groups is 1. The smallest absolute Gasteiger partial charge is 0.319 e. The van der Waals surface area contributed by atoms with Crippen LogP contribution in [0.3, 0.4) is 0 Å². The first-order chi connectivity index (χ1) is 7.97. The molecule has 1 fully saturated rings. The number of halogens is 1. The number of amides is 2. The largest absolute Gasteiger partial charge is 0.398 e. The second-order valence-corrected chi connectivity index (χ2v) is 4.61. The van der Waals surface area contributed by atoms with Gasteiger partial charge in [0, 0.05) is 11.7 Å². The molecule has 1 aliphatic carbocycles. The van der Waals surface area contributed by atoms with E-state index in [9.17, 15) is 9.18 Å². The lowest BCUT2D eigenvalue weighted by Gasteiger charge is -2.10. The Kier molecular flexibility index (Phi) is 2.92. The molecule has 4 N–H and O–H groups in total. The Hall–Kier alpha value is -1.78. The molecule has 0 spiro atoms. The molecular formula is C12H16FN3O. The van der Waals surface area contributed by atoms with Gasteiger partial charge < -0.3 is 16.4 Å². The fourth-order valence-electron chi connectivity index (χ4n) is 1.64. The van der Waals surface area contributed by atoms with Crippen LogP contribution >= 0.6 is 0 Å². The molecule has 5 heteroatoms. The summed E-state index contributed by atoms with van der Waals surface area (Å²) in [5, 5.41) is 5.22. The molecule has 2 amide bonds. The van der Waals surface area contributed by atoms with Gasteiger partial charge in [0.05, 0.1) is 5.69 Å². The van der Waals surface area contributed by atoms with Crippen molar-refractivity contribution < 1.29 is 9.18 Å². The van der Waals surface area contributed by atoms with E-state index in [2.05, 4.69) is 17.6 Å². The van der Waals surface area contributed by atoms with E-state index in [1.807, 2.05) is 0 Å². The first-order valence-corrected chi connectivity index (χ1v) is 5.60. The number of benzene rings is 1. The molecule has 2 unspecified atom stereocenters. The van der Waals surface area contributed by atoms with Crippen LogP contribution in [0, 0.1) is 18.7 Å². The zero-order valence-corrected chi connectivity index (χ0v) is 9.88. The molecule has 4 nitrogen and oxygen atoms in total. The van der Waals surface area contributed by atoms with E-state index >= 15 is 0 Å². The highest BCUT2D eigenvalue weighted by Gasteiger charge is 2.33. The molecule has 1 aromatic rings. The first kappa shape index (κ1) is 11.7. The maximum Gasteiger partial charge on any atom is 0.319 e. The topological polar surface area (TPSA) is 67.2 Å². The number of hydrogen-bond acceptors (Lipinski definition) is 2. The number of carbonyl (C=O) groups is 1. The lowest BCUT2D eigenvalue weighted by Crippen LogP contribution is -2.31. The zero-order chi connectivity index (χ0) is 12.6. The molecule has 1 saturated carbocycles. The third kappa shape index (κ3) is 2.67. The minimum Gasteiger partial charge on any atom is -0.398 e. The number of nitrogen functional groups attached to an aromatic ring is 1. The van der Waals surface area contributed by atoms with Crippen molar-refractivity contribution in [1.29, 1.82) is 0 Å². The zero-order valence-electron chi connectivity index (χ0n) is 9.88. The highest BCUT2D eigenvalue weighted by atomic mass is 19.1. The van der Waals surface area contributed by atoms with Crippen molar-refractivity contribution in [3.63, 3.8) is 0 Å². The average molecular weight is 237 g/mol. The molecule has 0 aliphatic heterocycles. The molecule has 2 atom stereocenters. The second kappa shape index (κ2) is 4.24. The number of hydrogen-bond donors (Lipinski definition) is 3. The third-order valence-electron chi connectivity index (χ3n) is 3.03. The van der Waals surface area contributed by atoms with E-state index in [1.54, 1.807) is 6.92 Å². The number of anilines is 2. The van der Waals surface area contributed by atoms with Gasteiger partial charge in [0.25, 0.3) is 0 Å². The normalized spacial score (nSPS) is 22.1. The highest BCUT2D eigenvalue weighted by molar-refractivity contribution is 5.90. The van der Waals surface area contributed by atoms with Crippen LogP contribution in [0.5, 0.6) is 0 Å². The predicted octanol–water partition coefficient (Wildman–Crippen LogP) is 2.25. The summed E-state index contributed by atoms with van der Waals surface area (Å²) in [5.74, 6) is 0.0318. The van der Waals surface area contributed by atoms with Crippen LogP contribution in [0.15, 0.2) is 12.1 Å². The number of nitrogens with two attached hydrogens (primary N) is 1. The molecule has 1 aromatic carbocycles. The Morgan fingerprint density at radius 3 is 2.76 bits per heavy atom. The Labute approximate surface area is 99.4 Å². The summed E-state index contributed by atoms with van der Waals surface area (Å²) < 4.78 is 13.5. The number of carbonyl (C=O) groups excluding carboxylic acids is 1. The Bertz CT molecular complexity index is 461. The fraction of sp³-hybridized carbons (Fsp3) is 0.417. The van der Waals surface area contributed by atoms with Gasteiger partial charge >= 0.3 is 6.03 Å². The highest BCUT2D eigenvalue weighted by Crippen LogP contribution is 2.29. The fourth-order valence-corrected chi connectivity index (χ4v) is 1.64. The van der Waals surface area contributed by atoms with Crippen LogP contribution in [0.2, 0.25) is 0 Å². The predicted molar refractivity (Wildman–Crippen MR) is 65.3 cm³/mol. The van der Waals surface area contributed by atoms with Crippen LogP contribution in [-0.2, 0) is 0 Å². The van der Waals surface area contributed by atoms with Gasteiger partial charge in [-0.2, -0.15) is 0 Å². The standard InChI is InChI=1S/C12H16FN3O/c1-6-3-8(13)11(5-9(6)14)16-12(17)15-10-4-7(10)2/h3,5,7,10H,4,14H2,1-2H3,(H2,15,16,17). The van der Waals surface area contributed by atoms with Crippen molar-refractivity contribution in [2.24, 2.45) is 5.92 Å². The average Bonchev–Trinajstić information content (AvgIpc) is 2.90. The summed E-state index contributed by atoms with van der Waals surface area (Å²) >= 11 is 0. The lowest BCUT2D eigenvalue weighted by atomic mass is 10.2. The van der Waals surface area contributed by atoms with E-state index in [-0.39, 0.29) is 17.8 Å². The van der Waals surface area contributed by atoms with Gasteiger partial charge in [-0.15, -0.1) is 0 Å². The van der Waals surface area contributed by atoms with Gasteiger partial charge in [0.15, 0.2) is 0 Å². The Morgan fingerprint density at radius 2 is 2.18 bits per heavy atom. The quantitative estimate of drug-likeness (QED) is 0.690. The minimum absolute atomic E-state index is 0.110. The van der Waals surface area contributed by atoms with Gasteiger partial charge in [0.1, 0.15) is 5.82 Å². The van der Waals surface area contributed by atoms with Crippen molar-refractivity contribution >= 4 is 17.4 Å². The third-order valence-corrected chi connectivity index (χ3v) is 3.03. The molecule has 0 bridgehead atoms. The summed E-state index contributed by atoms with van der Waals surface area (Å²) in [6.45, 7) is 3.77. The molecule has 0 aromatic heterocycles. The van der Waals surface area contributed by atoms with Crippen LogP contribution in [0.25, 0.3) is 0 Å². The molecule has 0 radical (unpaired) electrons. The Balaban J connectivity index is 2.02. The Morgan fingerprint density at radius 1 is 1.53 bits per heavy atom. The monoisotopic (exact) mass is 237 g/mol. The van der Waals surface area contributed by atoms with Gasteiger partial charge in [-0.25, -0.2) is 9.18 Å². The van der Waals surface area contributed by atoms with E-state index < -0.39 is 5.82 Å². The number of nitrogens with one attached hydrogen (secondary N) is 2.